The lowest BCUT2D eigenvalue weighted by Crippen LogP contribution is -2.48. The molecule has 0 bridgehead atoms. The molecule has 0 unspecified atom stereocenters. The number of hydrogen-bond donors (Lipinski definition) is 3. The van der Waals surface area contributed by atoms with Gasteiger partial charge in [-0.2, -0.15) is 0 Å². The van der Waals surface area contributed by atoms with Crippen molar-refractivity contribution in [2.45, 2.75) is 19.0 Å². The first kappa shape index (κ1) is 16.1. The number of aliphatic hydroxyl groups excluding tert-OH is 2. The van der Waals surface area contributed by atoms with E-state index in [0.29, 0.717) is 6.54 Å². The van der Waals surface area contributed by atoms with Crippen molar-refractivity contribution in [2.75, 3.05) is 13.2 Å². The Labute approximate surface area is 145 Å². The minimum Gasteiger partial charge on any atom is -0.454 e. The molecule has 0 aliphatic rings. The van der Waals surface area contributed by atoms with Crippen LogP contribution in [0.4, 0.5) is 0 Å². The Morgan fingerprint density at radius 1 is 1.08 bits per heavy atom. The van der Waals surface area contributed by atoms with Gasteiger partial charge < -0.3 is 24.5 Å². The van der Waals surface area contributed by atoms with Crippen LogP contribution in [0.5, 0.6) is 0 Å². The van der Waals surface area contributed by atoms with Crippen molar-refractivity contribution in [3.8, 4) is 0 Å². The van der Waals surface area contributed by atoms with Crippen LogP contribution in [0.1, 0.15) is 12.5 Å². The van der Waals surface area contributed by atoms with Gasteiger partial charge in [0.2, 0.25) is 0 Å². The second-order valence-electron chi connectivity index (χ2n) is 6.88. The summed E-state index contributed by atoms with van der Waals surface area (Å²) >= 11 is 0. The zero-order valence-electron chi connectivity index (χ0n) is 14.4. The van der Waals surface area contributed by atoms with E-state index in [-0.39, 0.29) is 13.2 Å². The molecule has 4 rings (SSSR count). The van der Waals surface area contributed by atoms with E-state index in [1.54, 1.807) is 6.92 Å². The van der Waals surface area contributed by atoms with Crippen LogP contribution in [0.15, 0.2) is 46.9 Å². The minimum atomic E-state index is -0.718. The summed E-state index contributed by atoms with van der Waals surface area (Å²) in [6.07, 6.45) is 0. The topological polar surface area (TPSA) is 70.6 Å². The number of furan rings is 1. The fourth-order valence-corrected chi connectivity index (χ4v) is 3.40. The highest BCUT2D eigenvalue weighted by Gasteiger charge is 2.23. The molecule has 3 N–H and O–H groups in total. The molecule has 4 aromatic rings. The second-order valence-corrected chi connectivity index (χ2v) is 6.88. The van der Waals surface area contributed by atoms with Crippen LogP contribution in [-0.4, -0.2) is 33.5 Å². The number of aryl methyl sites for hydroxylation is 1. The smallest absolute Gasteiger partial charge is 0.161 e. The van der Waals surface area contributed by atoms with Gasteiger partial charge in [-0.1, -0.05) is 24.3 Å². The van der Waals surface area contributed by atoms with Crippen molar-refractivity contribution in [1.82, 2.24) is 9.88 Å². The van der Waals surface area contributed by atoms with Crippen LogP contribution in [-0.2, 0) is 13.6 Å². The molecule has 0 amide bonds. The van der Waals surface area contributed by atoms with Gasteiger partial charge in [0, 0.05) is 24.4 Å². The summed E-state index contributed by atoms with van der Waals surface area (Å²) in [4.78, 5) is 0. The van der Waals surface area contributed by atoms with Crippen molar-refractivity contribution in [3.63, 3.8) is 0 Å². The van der Waals surface area contributed by atoms with Crippen molar-refractivity contribution < 1.29 is 14.6 Å². The summed E-state index contributed by atoms with van der Waals surface area (Å²) in [5.74, 6) is 0. The number of benzene rings is 2. The summed E-state index contributed by atoms with van der Waals surface area (Å²) in [5, 5.41) is 24.4. The Morgan fingerprint density at radius 3 is 2.60 bits per heavy atom. The Hall–Kier alpha value is -2.34. The quantitative estimate of drug-likeness (QED) is 0.523. The summed E-state index contributed by atoms with van der Waals surface area (Å²) in [6.45, 7) is 2.07. The van der Waals surface area contributed by atoms with Gasteiger partial charge in [-0.05, 0) is 30.7 Å². The number of rotatable bonds is 5. The van der Waals surface area contributed by atoms with Gasteiger partial charge in [0.1, 0.15) is 5.58 Å². The SMILES string of the molecule is Cn1c2cccc(CNC(C)(CO)CO)c2c2oc3ccccc3c21. The van der Waals surface area contributed by atoms with Gasteiger partial charge in [-0.3, -0.25) is 0 Å². The van der Waals surface area contributed by atoms with Gasteiger partial charge in [-0.15, -0.1) is 0 Å². The van der Waals surface area contributed by atoms with E-state index in [0.717, 1.165) is 38.5 Å². The minimum absolute atomic E-state index is 0.131. The highest BCUT2D eigenvalue weighted by atomic mass is 16.3. The molecule has 0 radical (unpaired) electrons. The molecule has 2 aromatic heterocycles. The van der Waals surface area contributed by atoms with E-state index < -0.39 is 5.54 Å². The molecule has 0 saturated carbocycles. The number of para-hydroxylation sites is 1. The maximum absolute atomic E-state index is 9.50. The van der Waals surface area contributed by atoms with Crippen LogP contribution in [0.25, 0.3) is 33.0 Å². The Kier molecular flexibility index (Phi) is 3.80. The van der Waals surface area contributed by atoms with Gasteiger partial charge >= 0.3 is 0 Å². The number of nitrogens with zero attached hydrogens (tertiary/aromatic N) is 1. The number of fused-ring (bicyclic) bond motifs is 5. The number of aromatic nitrogens is 1. The zero-order chi connectivity index (χ0) is 17.6. The molecule has 5 nitrogen and oxygen atoms in total. The molecule has 0 aliphatic carbocycles. The highest BCUT2D eigenvalue weighted by Crippen LogP contribution is 2.37. The van der Waals surface area contributed by atoms with E-state index in [9.17, 15) is 10.2 Å². The average Bonchev–Trinajstić information content (AvgIpc) is 3.16. The molecular formula is C20H22N2O3. The van der Waals surface area contributed by atoms with Gasteiger partial charge in [0.15, 0.2) is 5.58 Å². The van der Waals surface area contributed by atoms with Gasteiger partial charge in [0.05, 0.1) is 29.8 Å². The summed E-state index contributed by atoms with van der Waals surface area (Å²) in [7, 11) is 2.05. The maximum Gasteiger partial charge on any atom is 0.161 e. The monoisotopic (exact) mass is 338 g/mol. The average molecular weight is 338 g/mol. The largest absolute Gasteiger partial charge is 0.454 e. The van der Waals surface area contributed by atoms with Crippen molar-refractivity contribution in [3.05, 3.63) is 48.0 Å². The Bertz CT molecular complexity index is 1060. The molecule has 2 heterocycles. The van der Waals surface area contributed by atoms with Crippen LogP contribution in [0.2, 0.25) is 0 Å². The molecule has 0 atom stereocenters. The summed E-state index contributed by atoms with van der Waals surface area (Å²) in [6, 6.07) is 14.2. The molecule has 25 heavy (non-hydrogen) atoms. The second kappa shape index (κ2) is 5.88. The lowest BCUT2D eigenvalue weighted by molar-refractivity contribution is 0.103. The number of hydrogen-bond acceptors (Lipinski definition) is 4. The Balaban J connectivity index is 1.91. The number of nitrogens with one attached hydrogen (secondary N) is 1. The third-order valence-corrected chi connectivity index (χ3v) is 5.03. The highest BCUT2D eigenvalue weighted by molar-refractivity contribution is 6.16. The van der Waals surface area contributed by atoms with E-state index in [2.05, 4.69) is 35.1 Å². The first-order valence-corrected chi connectivity index (χ1v) is 8.42. The van der Waals surface area contributed by atoms with Crippen molar-refractivity contribution >= 4 is 33.0 Å². The molecule has 0 spiro atoms. The molecule has 0 aliphatic heterocycles. The van der Waals surface area contributed by atoms with Crippen LogP contribution in [0, 0.1) is 0 Å². The maximum atomic E-state index is 9.50. The molecule has 0 saturated heterocycles. The third-order valence-electron chi connectivity index (χ3n) is 5.03. The predicted octanol–water partition coefficient (Wildman–Crippen LogP) is 2.91. The zero-order valence-corrected chi connectivity index (χ0v) is 14.4. The van der Waals surface area contributed by atoms with E-state index in [1.807, 2.05) is 24.3 Å². The summed E-state index contributed by atoms with van der Waals surface area (Å²) < 4.78 is 8.33. The standard InChI is InChI=1S/C20H22N2O3/c1-20(11-23,12-24)21-10-13-6-5-8-15-17(13)19-18(22(15)2)14-7-3-4-9-16(14)25-19/h3-9,21,23-24H,10-12H2,1-2H3. The summed E-state index contributed by atoms with van der Waals surface area (Å²) in [5.41, 5.74) is 4.31. The van der Waals surface area contributed by atoms with Crippen molar-refractivity contribution in [1.29, 1.82) is 0 Å². The van der Waals surface area contributed by atoms with E-state index in [1.165, 1.54) is 0 Å². The van der Waals surface area contributed by atoms with Crippen LogP contribution in [0.3, 0.4) is 0 Å². The molecule has 130 valence electrons. The normalized spacial score (nSPS) is 12.6. The molecule has 2 aromatic carbocycles. The van der Waals surface area contributed by atoms with Crippen LogP contribution >= 0.6 is 0 Å². The lowest BCUT2D eigenvalue weighted by Gasteiger charge is -2.26. The molecule has 0 fully saturated rings. The first-order chi connectivity index (χ1) is 12.1. The molecule has 5 heteroatoms. The molecular weight excluding hydrogens is 316 g/mol. The van der Waals surface area contributed by atoms with Crippen LogP contribution < -0.4 is 5.32 Å². The third kappa shape index (κ3) is 2.43. The van der Waals surface area contributed by atoms with E-state index in [4.69, 9.17) is 4.42 Å². The Morgan fingerprint density at radius 2 is 1.84 bits per heavy atom. The predicted molar refractivity (Wildman–Crippen MR) is 99.6 cm³/mol. The van der Waals surface area contributed by atoms with E-state index >= 15 is 0 Å². The fraction of sp³-hybridized carbons (Fsp3) is 0.300. The van der Waals surface area contributed by atoms with Crippen molar-refractivity contribution in [2.24, 2.45) is 7.05 Å². The van der Waals surface area contributed by atoms with Gasteiger partial charge in [0.25, 0.3) is 0 Å². The lowest BCUT2D eigenvalue weighted by atomic mass is 10.0. The van der Waals surface area contributed by atoms with Gasteiger partial charge in [-0.25, -0.2) is 0 Å². The number of aliphatic hydroxyl groups is 2. The fourth-order valence-electron chi connectivity index (χ4n) is 3.40. The first-order valence-electron chi connectivity index (χ1n) is 8.42.